The van der Waals surface area contributed by atoms with Crippen molar-refractivity contribution >= 4 is 27.7 Å². The number of hydrogen-bond donors (Lipinski definition) is 1. The first-order valence-electron chi connectivity index (χ1n) is 4.00. The average Bonchev–Trinajstić information content (AvgIpc) is 2.17. The molecule has 0 saturated carbocycles. The number of rotatable bonds is 4. The van der Waals surface area contributed by atoms with Gasteiger partial charge in [0.2, 0.25) is 0 Å². The third-order valence-corrected chi connectivity index (χ3v) is 1.93. The summed E-state index contributed by atoms with van der Waals surface area (Å²) < 4.78 is 5.19. The molecule has 1 rings (SSSR count). The fourth-order valence-electron chi connectivity index (χ4n) is 0.825. The largest absolute Gasteiger partial charge is 0.469 e. The van der Waals surface area contributed by atoms with Crippen LogP contribution in [0.2, 0.25) is 0 Å². The molecule has 0 atom stereocenters. The van der Waals surface area contributed by atoms with Gasteiger partial charge in [0, 0.05) is 12.6 Å². The van der Waals surface area contributed by atoms with Crippen LogP contribution in [0.15, 0.2) is 17.0 Å². The van der Waals surface area contributed by atoms with Gasteiger partial charge in [0.15, 0.2) is 0 Å². The maximum absolute atomic E-state index is 10.8. The number of nitrogens with zero attached hydrogens (tertiary/aromatic N) is 2. The van der Waals surface area contributed by atoms with E-state index in [2.05, 4.69) is 36.0 Å². The maximum atomic E-state index is 10.8. The fourth-order valence-corrected chi connectivity index (χ4v) is 1.13. The molecule has 0 aliphatic rings. The number of hydrogen-bond acceptors (Lipinski definition) is 5. The number of aromatic nitrogens is 2. The van der Waals surface area contributed by atoms with Crippen LogP contribution < -0.4 is 5.32 Å². The molecule has 76 valence electrons. The highest BCUT2D eigenvalue weighted by Gasteiger charge is 2.00. The molecule has 0 aromatic carbocycles. The Bertz CT molecular complexity index is 319. The first kappa shape index (κ1) is 10.9. The molecule has 1 aromatic heterocycles. The third-order valence-electron chi connectivity index (χ3n) is 1.50. The molecule has 0 aliphatic carbocycles. The first-order valence-corrected chi connectivity index (χ1v) is 4.80. The molecule has 0 amide bonds. The molecule has 1 heterocycles. The van der Waals surface area contributed by atoms with E-state index in [1.165, 1.54) is 13.4 Å². The normalized spacial score (nSPS) is 9.57. The zero-order valence-corrected chi connectivity index (χ0v) is 9.24. The number of carbonyl (C=O) groups is 1. The molecule has 6 heteroatoms. The Labute approximate surface area is 90.0 Å². The van der Waals surface area contributed by atoms with E-state index in [1.54, 1.807) is 6.07 Å². The summed E-state index contributed by atoms with van der Waals surface area (Å²) in [7, 11) is 1.36. The van der Waals surface area contributed by atoms with Gasteiger partial charge >= 0.3 is 5.97 Å². The van der Waals surface area contributed by atoms with Gasteiger partial charge in [0.25, 0.3) is 0 Å². The van der Waals surface area contributed by atoms with Crippen LogP contribution in [0.1, 0.15) is 6.42 Å². The molecule has 14 heavy (non-hydrogen) atoms. The smallest absolute Gasteiger partial charge is 0.307 e. The lowest BCUT2D eigenvalue weighted by Crippen LogP contribution is -2.10. The van der Waals surface area contributed by atoms with Gasteiger partial charge in [-0.05, 0) is 15.9 Å². The lowest BCUT2D eigenvalue weighted by Gasteiger charge is -2.03. The van der Waals surface area contributed by atoms with Crippen molar-refractivity contribution < 1.29 is 9.53 Å². The van der Waals surface area contributed by atoms with E-state index in [0.717, 1.165) is 0 Å². The number of anilines is 1. The quantitative estimate of drug-likeness (QED) is 0.651. The number of nitrogens with one attached hydrogen (secondary N) is 1. The summed E-state index contributed by atoms with van der Waals surface area (Å²) in [6.45, 7) is 0.496. The lowest BCUT2D eigenvalue weighted by molar-refractivity contribution is -0.140. The standard InChI is InChI=1S/C8H10BrN3O2/c1-14-8(13)2-3-10-7-4-6(9)11-5-12-7/h4-5H,2-3H2,1H3,(H,10,11,12). The van der Waals surface area contributed by atoms with Gasteiger partial charge < -0.3 is 10.1 Å². The van der Waals surface area contributed by atoms with Gasteiger partial charge in [-0.25, -0.2) is 9.97 Å². The Kier molecular flexibility index (Phi) is 4.31. The molecule has 0 saturated heterocycles. The second-order valence-corrected chi connectivity index (χ2v) is 3.29. The summed E-state index contributed by atoms with van der Waals surface area (Å²) in [5.41, 5.74) is 0. The highest BCUT2D eigenvalue weighted by Crippen LogP contribution is 2.09. The van der Waals surface area contributed by atoms with E-state index in [0.29, 0.717) is 23.4 Å². The number of carbonyl (C=O) groups excluding carboxylic acids is 1. The van der Waals surface area contributed by atoms with Gasteiger partial charge in [-0.15, -0.1) is 0 Å². The van der Waals surface area contributed by atoms with Gasteiger partial charge in [0.05, 0.1) is 13.5 Å². The van der Waals surface area contributed by atoms with Crippen LogP contribution in [-0.2, 0) is 9.53 Å². The maximum Gasteiger partial charge on any atom is 0.307 e. The average molecular weight is 260 g/mol. The summed E-state index contributed by atoms with van der Waals surface area (Å²) in [5.74, 6) is 0.432. The third kappa shape index (κ3) is 3.69. The number of methoxy groups -OCH3 is 1. The van der Waals surface area contributed by atoms with Gasteiger partial charge in [-0.2, -0.15) is 0 Å². The summed E-state index contributed by atoms with van der Waals surface area (Å²) >= 11 is 3.21. The second-order valence-electron chi connectivity index (χ2n) is 2.48. The van der Waals surface area contributed by atoms with Crippen molar-refractivity contribution in [1.82, 2.24) is 9.97 Å². The topological polar surface area (TPSA) is 64.1 Å². The molecule has 0 aliphatic heterocycles. The SMILES string of the molecule is COC(=O)CCNc1cc(Br)ncn1. The van der Waals surface area contributed by atoms with Crippen LogP contribution in [0, 0.1) is 0 Å². The van der Waals surface area contributed by atoms with E-state index in [1.807, 2.05) is 0 Å². The van der Waals surface area contributed by atoms with E-state index in [9.17, 15) is 4.79 Å². The Hall–Kier alpha value is -1.17. The van der Waals surface area contributed by atoms with Crippen molar-refractivity contribution in [2.45, 2.75) is 6.42 Å². The summed E-state index contributed by atoms with van der Waals surface area (Å²) in [6.07, 6.45) is 1.75. The summed E-state index contributed by atoms with van der Waals surface area (Å²) in [6, 6.07) is 1.73. The molecule has 0 bridgehead atoms. The van der Waals surface area contributed by atoms with Crippen LogP contribution in [0.5, 0.6) is 0 Å². The highest BCUT2D eigenvalue weighted by atomic mass is 79.9. The zero-order valence-electron chi connectivity index (χ0n) is 7.66. The second kappa shape index (κ2) is 5.54. The minimum Gasteiger partial charge on any atom is -0.469 e. The number of ether oxygens (including phenoxy) is 1. The minimum atomic E-state index is -0.245. The Morgan fingerprint density at radius 2 is 2.43 bits per heavy atom. The zero-order chi connectivity index (χ0) is 10.4. The Morgan fingerprint density at radius 3 is 3.07 bits per heavy atom. The summed E-state index contributed by atoms with van der Waals surface area (Å²) in [5, 5.41) is 2.97. The van der Waals surface area contributed by atoms with Crippen LogP contribution >= 0.6 is 15.9 Å². The molecule has 0 unspecified atom stereocenters. The molecule has 0 radical (unpaired) electrons. The van der Waals surface area contributed by atoms with Crippen molar-refractivity contribution in [2.75, 3.05) is 19.0 Å². The van der Waals surface area contributed by atoms with E-state index < -0.39 is 0 Å². The molecular weight excluding hydrogens is 250 g/mol. The Morgan fingerprint density at radius 1 is 1.64 bits per heavy atom. The van der Waals surface area contributed by atoms with Crippen LogP contribution in [-0.4, -0.2) is 29.6 Å². The Balaban J connectivity index is 2.35. The fraction of sp³-hybridized carbons (Fsp3) is 0.375. The van der Waals surface area contributed by atoms with E-state index in [-0.39, 0.29) is 5.97 Å². The molecule has 1 N–H and O–H groups in total. The molecular formula is C8H10BrN3O2. The predicted molar refractivity (Wildman–Crippen MR) is 54.9 cm³/mol. The molecule has 0 fully saturated rings. The highest BCUT2D eigenvalue weighted by molar-refractivity contribution is 9.10. The van der Waals surface area contributed by atoms with Crippen molar-refractivity contribution in [3.05, 3.63) is 17.0 Å². The molecule has 5 nitrogen and oxygen atoms in total. The van der Waals surface area contributed by atoms with Crippen molar-refractivity contribution in [3.63, 3.8) is 0 Å². The van der Waals surface area contributed by atoms with Crippen molar-refractivity contribution in [1.29, 1.82) is 0 Å². The molecule has 1 aromatic rings. The minimum absolute atomic E-state index is 0.245. The number of halogens is 1. The first-order chi connectivity index (χ1) is 6.72. The summed E-state index contributed by atoms with van der Waals surface area (Å²) in [4.78, 5) is 18.6. The lowest BCUT2D eigenvalue weighted by atomic mass is 10.4. The van der Waals surface area contributed by atoms with E-state index >= 15 is 0 Å². The van der Waals surface area contributed by atoms with E-state index in [4.69, 9.17) is 0 Å². The van der Waals surface area contributed by atoms with Gasteiger partial charge in [0.1, 0.15) is 16.7 Å². The van der Waals surface area contributed by atoms with Crippen LogP contribution in [0.25, 0.3) is 0 Å². The molecule has 0 spiro atoms. The monoisotopic (exact) mass is 259 g/mol. The predicted octanol–water partition coefficient (Wildman–Crippen LogP) is 1.21. The van der Waals surface area contributed by atoms with Crippen LogP contribution in [0.4, 0.5) is 5.82 Å². The van der Waals surface area contributed by atoms with Crippen molar-refractivity contribution in [2.24, 2.45) is 0 Å². The van der Waals surface area contributed by atoms with Gasteiger partial charge in [-0.3, -0.25) is 4.79 Å². The van der Waals surface area contributed by atoms with Crippen molar-refractivity contribution in [3.8, 4) is 0 Å². The number of esters is 1. The van der Waals surface area contributed by atoms with Gasteiger partial charge in [-0.1, -0.05) is 0 Å². The van der Waals surface area contributed by atoms with Crippen LogP contribution in [0.3, 0.4) is 0 Å².